The van der Waals surface area contributed by atoms with Crippen molar-refractivity contribution in [1.29, 1.82) is 0 Å². The molecule has 2 aromatic rings. The summed E-state index contributed by atoms with van der Waals surface area (Å²) in [4.78, 5) is 5.44. The van der Waals surface area contributed by atoms with Crippen LogP contribution in [0.3, 0.4) is 0 Å². The molecule has 0 aromatic carbocycles. The summed E-state index contributed by atoms with van der Waals surface area (Å²) in [5.41, 5.74) is 7.63. The lowest BCUT2D eigenvalue weighted by molar-refractivity contribution is 0.424. The van der Waals surface area contributed by atoms with Gasteiger partial charge in [-0.25, -0.2) is 4.98 Å². The smallest absolute Gasteiger partial charge is 0.178 e. The number of hydrogen-bond donors (Lipinski definition) is 1. The summed E-state index contributed by atoms with van der Waals surface area (Å²) in [5.74, 6) is 1.45. The van der Waals surface area contributed by atoms with Gasteiger partial charge in [-0.1, -0.05) is 5.16 Å². The predicted molar refractivity (Wildman–Crippen MR) is 62.2 cm³/mol. The quantitative estimate of drug-likeness (QED) is 0.887. The minimum absolute atomic E-state index is 0.481. The van der Waals surface area contributed by atoms with Crippen LogP contribution in [0.2, 0.25) is 0 Å². The molecule has 2 N–H and O–H groups in total. The molecule has 2 aromatic heterocycles. The number of nitrogens with zero attached hydrogens (tertiary/aromatic N) is 2. The highest BCUT2D eigenvalue weighted by molar-refractivity contribution is 7.15. The molecule has 0 spiro atoms. The first-order valence-corrected chi connectivity index (χ1v) is 6.23. The maximum atomic E-state index is 5.58. The highest BCUT2D eigenvalue weighted by Crippen LogP contribution is 2.41. The molecule has 1 fully saturated rings. The molecule has 0 saturated heterocycles. The van der Waals surface area contributed by atoms with Crippen LogP contribution < -0.4 is 5.73 Å². The van der Waals surface area contributed by atoms with Crippen LogP contribution in [0.4, 0.5) is 0 Å². The Morgan fingerprint density at radius 3 is 3.00 bits per heavy atom. The zero-order valence-corrected chi connectivity index (χ0v) is 9.88. The number of nitrogens with two attached hydrogens (primary N) is 1. The van der Waals surface area contributed by atoms with Gasteiger partial charge in [0.1, 0.15) is 5.01 Å². The highest BCUT2D eigenvalue weighted by Gasteiger charge is 2.27. The summed E-state index contributed by atoms with van der Waals surface area (Å²) in [7, 11) is 0. The Morgan fingerprint density at radius 1 is 1.56 bits per heavy atom. The van der Waals surface area contributed by atoms with Crippen molar-refractivity contribution in [1.82, 2.24) is 10.1 Å². The van der Waals surface area contributed by atoms with Gasteiger partial charge in [0.2, 0.25) is 0 Å². The summed E-state index contributed by atoms with van der Waals surface area (Å²) in [6.45, 7) is 2.46. The van der Waals surface area contributed by atoms with Gasteiger partial charge in [0.05, 0.1) is 16.3 Å². The minimum Gasteiger partial charge on any atom is -0.355 e. The third kappa shape index (κ3) is 1.66. The lowest BCUT2D eigenvalue weighted by Crippen LogP contribution is -1.94. The zero-order chi connectivity index (χ0) is 11.1. The second-order valence-electron chi connectivity index (χ2n) is 4.12. The molecule has 2 heterocycles. The monoisotopic (exact) mass is 235 g/mol. The van der Waals surface area contributed by atoms with Crippen LogP contribution in [0.1, 0.15) is 35.2 Å². The van der Waals surface area contributed by atoms with E-state index in [2.05, 4.69) is 10.1 Å². The molecule has 0 amide bonds. The van der Waals surface area contributed by atoms with Crippen molar-refractivity contribution in [2.75, 3.05) is 0 Å². The Kier molecular flexibility index (Phi) is 2.29. The Morgan fingerprint density at radius 2 is 2.38 bits per heavy atom. The van der Waals surface area contributed by atoms with Gasteiger partial charge in [-0.05, 0) is 19.8 Å². The van der Waals surface area contributed by atoms with E-state index in [-0.39, 0.29) is 0 Å². The predicted octanol–water partition coefficient (Wildman–Crippen LogP) is 2.44. The van der Waals surface area contributed by atoms with Crippen LogP contribution in [-0.2, 0) is 6.54 Å². The molecular weight excluding hydrogens is 222 g/mol. The Bertz CT molecular complexity index is 513. The lowest BCUT2D eigenvalue weighted by Gasteiger charge is -1.88. The average Bonchev–Trinajstić information content (AvgIpc) is 2.89. The largest absolute Gasteiger partial charge is 0.355 e. The van der Waals surface area contributed by atoms with Crippen molar-refractivity contribution in [3.63, 3.8) is 0 Å². The number of thiazole rings is 1. The van der Waals surface area contributed by atoms with E-state index in [0.29, 0.717) is 12.5 Å². The molecular formula is C11H13N3OS. The van der Waals surface area contributed by atoms with Gasteiger partial charge in [-0.2, -0.15) is 0 Å². The van der Waals surface area contributed by atoms with Crippen LogP contribution in [-0.4, -0.2) is 10.1 Å². The highest BCUT2D eigenvalue weighted by atomic mass is 32.1. The standard InChI is InChI=1S/C11H13N3OS/c1-6-11(16-10(5-12)13-6)9-4-8(14-15-9)7-2-3-7/h4,7H,2-3,5,12H2,1H3. The molecule has 3 rings (SSSR count). The Balaban J connectivity index is 1.96. The van der Waals surface area contributed by atoms with E-state index in [9.17, 15) is 0 Å². The fraction of sp³-hybridized carbons (Fsp3) is 0.455. The van der Waals surface area contributed by atoms with Crippen LogP contribution in [0.5, 0.6) is 0 Å². The van der Waals surface area contributed by atoms with Crippen LogP contribution >= 0.6 is 11.3 Å². The fourth-order valence-corrected chi connectivity index (χ4v) is 2.63. The van der Waals surface area contributed by atoms with Crippen LogP contribution in [0.25, 0.3) is 10.6 Å². The van der Waals surface area contributed by atoms with Crippen LogP contribution in [0.15, 0.2) is 10.6 Å². The summed E-state index contributed by atoms with van der Waals surface area (Å²) < 4.78 is 5.37. The van der Waals surface area contributed by atoms with Gasteiger partial charge in [0.25, 0.3) is 0 Å². The lowest BCUT2D eigenvalue weighted by atomic mass is 10.2. The van der Waals surface area contributed by atoms with Crippen molar-refractivity contribution < 1.29 is 4.52 Å². The minimum atomic E-state index is 0.481. The molecule has 0 aliphatic heterocycles. The number of aromatic nitrogens is 2. The first kappa shape index (κ1) is 9.99. The SMILES string of the molecule is Cc1nc(CN)sc1-c1cc(C2CC2)no1. The van der Waals surface area contributed by atoms with Gasteiger partial charge in [-0.15, -0.1) is 11.3 Å². The van der Waals surface area contributed by atoms with E-state index in [1.165, 1.54) is 12.8 Å². The van der Waals surface area contributed by atoms with Crippen molar-refractivity contribution in [2.45, 2.75) is 32.2 Å². The summed E-state index contributed by atoms with van der Waals surface area (Å²) in [6, 6.07) is 2.04. The molecule has 0 atom stereocenters. The molecule has 16 heavy (non-hydrogen) atoms. The van der Waals surface area contributed by atoms with E-state index in [4.69, 9.17) is 10.3 Å². The second-order valence-corrected chi connectivity index (χ2v) is 5.20. The first-order valence-electron chi connectivity index (χ1n) is 5.41. The maximum absolute atomic E-state index is 5.58. The normalized spacial score (nSPS) is 15.6. The topological polar surface area (TPSA) is 64.9 Å². The molecule has 5 heteroatoms. The van der Waals surface area contributed by atoms with E-state index in [1.807, 2.05) is 13.0 Å². The summed E-state index contributed by atoms with van der Waals surface area (Å²) >= 11 is 1.59. The van der Waals surface area contributed by atoms with E-state index < -0.39 is 0 Å². The number of hydrogen-bond acceptors (Lipinski definition) is 5. The molecule has 1 aliphatic carbocycles. The molecule has 0 unspecified atom stereocenters. The third-order valence-corrected chi connectivity index (χ3v) is 3.96. The van der Waals surface area contributed by atoms with Crippen molar-refractivity contribution in [2.24, 2.45) is 5.73 Å². The van der Waals surface area contributed by atoms with Crippen LogP contribution in [0, 0.1) is 6.92 Å². The summed E-state index contributed by atoms with van der Waals surface area (Å²) in [6.07, 6.45) is 2.48. The molecule has 1 saturated carbocycles. The molecule has 0 bridgehead atoms. The first-order chi connectivity index (χ1) is 7.78. The third-order valence-electron chi connectivity index (χ3n) is 2.76. The Labute approximate surface area is 97.5 Å². The molecule has 1 aliphatic rings. The number of rotatable bonds is 3. The van der Waals surface area contributed by atoms with E-state index >= 15 is 0 Å². The zero-order valence-electron chi connectivity index (χ0n) is 9.06. The van der Waals surface area contributed by atoms with Gasteiger partial charge in [0, 0.05) is 18.5 Å². The summed E-state index contributed by atoms with van der Waals surface area (Å²) in [5, 5.41) is 5.04. The van der Waals surface area contributed by atoms with Crippen molar-refractivity contribution in [3.05, 3.63) is 22.5 Å². The van der Waals surface area contributed by atoms with Crippen molar-refractivity contribution >= 4 is 11.3 Å². The maximum Gasteiger partial charge on any atom is 0.178 e. The average molecular weight is 235 g/mol. The van der Waals surface area contributed by atoms with Gasteiger partial charge in [-0.3, -0.25) is 0 Å². The Hall–Kier alpha value is -1.20. The van der Waals surface area contributed by atoms with Gasteiger partial charge < -0.3 is 10.3 Å². The number of aryl methyl sites for hydroxylation is 1. The van der Waals surface area contributed by atoms with E-state index in [0.717, 1.165) is 27.0 Å². The van der Waals surface area contributed by atoms with Gasteiger partial charge >= 0.3 is 0 Å². The van der Waals surface area contributed by atoms with E-state index in [1.54, 1.807) is 11.3 Å². The fourth-order valence-electron chi connectivity index (χ4n) is 1.74. The van der Waals surface area contributed by atoms with Gasteiger partial charge in [0.15, 0.2) is 5.76 Å². The molecule has 4 nitrogen and oxygen atoms in total. The molecule has 0 radical (unpaired) electrons. The second kappa shape index (κ2) is 3.68. The molecule has 84 valence electrons. The van der Waals surface area contributed by atoms with Crippen molar-refractivity contribution in [3.8, 4) is 10.6 Å².